The molecule has 0 bridgehead atoms. The summed E-state index contributed by atoms with van der Waals surface area (Å²) in [6.07, 6.45) is 0.0188. The summed E-state index contributed by atoms with van der Waals surface area (Å²) in [6.45, 7) is 1.53. The minimum atomic E-state index is -0.648. The van der Waals surface area contributed by atoms with Crippen LogP contribution in [-0.4, -0.2) is 30.9 Å². The first-order valence-corrected chi connectivity index (χ1v) is 10.3. The standard InChI is InChI=1S/C20H17BrCl2N2O4/c1-11-14(22)3-2-4-17(11)25-9-12(7-19(25)27)20(28)29-10-18(26)24-16-6-5-13(21)8-15(16)23/h2-6,8,12H,7,9-10H2,1H3,(H,24,26)/t12-/m0/s1. The molecule has 0 aliphatic carbocycles. The third-order valence-corrected chi connectivity index (χ3v) is 5.75. The summed E-state index contributed by atoms with van der Waals surface area (Å²) in [7, 11) is 0. The number of hydrogen-bond acceptors (Lipinski definition) is 4. The van der Waals surface area contributed by atoms with Crippen LogP contribution in [0, 0.1) is 12.8 Å². The number of benzene rings is 2. The van der Waals surface area contributed by atoms with E-state index in [9.17, 15) is 14.4 Å². The van der Waals surface area contributed by atoms with Crippen molar-refractivity contribution in [1.29, 1.82) is 0 Å². The topological polar surface area (TPSA) is 75.7 Å². The Bertz CT molecular complexity index is 983. The Labute approximate surface area is 186 Å². The molecular weight excluding hydrogens is 483 g/mol. The number of hydrogen-bond donors (Lipinski definition) is 1. The molecule has 2 aromatic rings. The van der Waals surface area contributed by atoms with Gasteiger partial charge in [0.1, 0.15) is 0 Å². The van der Waals surface area contributed by atoms with Crippen LogP contribution in [0.2, 0.25) is 10.0 Å². The number of amides is 2. The number of carbonyl (C=O) groups excluding carboxylic acids is 3. The molecule has 9 heteroatoms. The third-order valence-electron chi connectivity index (χ3n) is 4.54. The Balaban J connectivity index is 1.56. The largest absolute Gasteiger partial charge is 0.455 e. The lowest BCUT2D eigenvalue weighted by Gasteiger charge is -2.19. The summed E-state index contributed by atoms with van der Waals surface area (Å²) >= 11 is 15.5. The molecule has 1 saturated heterocycles. The van der Waals surface area contributed by atoms with Gasteiger partial charge >= 0.3 is 5.97 Å². The maximum atomic E-state index is 12.4. The SMILES string of the molecule is Cc1c(Cl)cccc1N1C[C@@H](C(=O)OCC(=O)Nc2ccc(Br)cc2Cl)CC1=O. The van der Waals surface area contributed by atoms with Gasteiger partial charge in [-0.15, -0.1) is 0 Å². The molecule has 0 aromatic heterocycles. The quantitative estimate of drug-likeness (QED) is 0.610. The monoisotopic (exact) mass is 498 g/mol. The van der Waals surface area contributed by atoms with E-state index in [1.54, 1.807) is 36.4 Å². The van der Waals surface area contributed by atoms with E-state index in [4.69, 9.17) is 27.9 Å². The van der Waals surface area contributed by atoms with Gasteiger partial charge in [-0.1, -0.05) is 45.2 Å². The molecule has 0 radical (unpaired) electrons. The molecule has 2 amide bonds. The van der Waals surface area contributed by atoms with E-state index in [0.717, 1.165) is 10.0 Å². The smallest absolute Gasteiger partial charge is 0.311 e. The maximum absolute atomic E-state index is 12.4. The van der Waals surface area contributed by atoms with Crippen molar-refractivity contribution >= 4 is 68.3 Å². The highest BCUT2D eigenvalue weighted by molar-refractivity contribution is 9.10. The number of rotatable bonds is 5. The zero-order chi connectivity index (χ0) is 21.1. The fourth-order valence-corrected chi connectivity index (χ4v) is 3.91. The van der Waals surface area contributed by atoms with Crippen LogP contribution in [0.5, 0.6) is 0 Å². The third kappa shape index (κ3) is 5.10. The lowest BCUT2D eigenvalue weighted by molar-refractivity contribution is -0.151. The lowest BCUT2D eigenvalue weighted by Crippen LogP contribution is -2.28. The molecule has 0 saturated carbocycles. The van der Waals surface area contributed by atoms with Crippen molar-refractivity contribution in [3.05, 3.63) is 56.5 Å². The van der Waals surface area contributed by atoms with Crippen LogP contribution in [0.3, 0.4) is 0 Å². The Kier molecular flexibility index (Phi) is 6.82. The van der Waals surface area contributed by atoms with Crippen LogP contribution >= 0.6 is 39.1 Å². The van der Waals surface area contributed by atoms with Gasteiger partial charge < -0.3 is 15.0 Å². The summed E-state index contributed by atoms with van der Waals surface area (Å²) in [5.74, 6) is -1.96. The van der Waals surface area contributed by atoms with Crippen LogP contribution in [-0.2, 0) is 19.1 Å². The summed E-state index contributed by atoms with van der Waals surface area (Å²) in [5, 5.41) is 3.48. The van der Waals surface area contributed by atoms with Crippen molar-refractivity contribution in [2.75, 3.05) is 23.4 Å². The molecule has 2 aromatic carbocycles. The highest BCUT2D eigenvalue weighted by atomic mass is 79.9. The molecule has 1 aliphatic heterocycles. The van der Waals surface area contributed by atoms with E-state index >= 15 is 0 Å². The van der Waals surface area contributed by atoms with Crippen molar-refractivity contribution in [3.63, 3.8) is 0 Å². The Morgan fingerprint density at radius 1 is 1.24 bits per heavy atom. The van der Waals surface area contributed by atoms with E-state index in [1.165, 1.54) is 4.90 Å². The van der Waals surface area contributed by atoms with Crippen molar-refractivity contribution in [2.45, 2.75) is 13.3 Å². The molecule has 1 atom stereocenters. The van der Waals surface area contributed by atoms with Gasteiger partial charge in [0.25, 0.3) is 5.91 Å². The van der Waals surface area contributed by atoms with E-state index < -0.39 is 24.4 Å². The minimum Gasteiger partial charge on any atom is -0.455 e. The second-order valence-electron chi connectivity index (χ2n) is 6.57. The van der Waals surface area contributed by atoms with Crippen LogP contribution in [0.25, 0.3) is 0 Å². The van der Waals surface area contributed by atoms with E-state index in [0.29, 0.717) is 21.4 Å². The first kappa shape index (κ1) is 21.6. The van der Waals surface area contributed by atoms with Crippen LogP contribution in [0.15, 0.2) is 40.9 Å². The highest BCUT2D eigenvalue weighted by Gasteiger charge is 2.37. The molecule has 3 rings (SSSR count). The Morgan fingerprint density at radius 2 is 2.00 bits per heavy atom. The molecular formula is C20H17BrCl2N2O4. The van der Waals surface area contributed by atoms with Gasteiger partial charge in [0.05, 0.1) is 16.6 Å². The molecule has 1 heterocycles. The Morgan fingerprint density at radius 3 is 2.72 bits per heavy atom. The second-order valence-corrected chi connectivity index (χ2v) is 8.30. The average Bonchev–Trinajstić information content (AvgIpc) is 3.06. The summed E-state index contributed by atoms with van der Waals surface area (Å²) < 4.78 is 5.88. The summed E-state index contributed by atoms with van der Waals surface area (Å²) in [4.78, 5) is 38.3. The van der Waals surface area contributed by atoms with Crippen LogP contribution in [0.4, 0.5) is 11.4 Å². The van der Waals surface area contributed by atoms with Crippen molar-refractivity contribution < 1.29 is 19.1 Å². The number of esters is 1. The molecule has 0 unspecified atom stereocenters. The Hall–Kier alpha value is -2.09. The van der Waals surface area contributed by atoms with E-state index in [2.05, 4.69) is 21.2 Å². The van der Waals surface area contributed by atoms with E-state index in [1.807, 2.05) is 6.92 Å². The first-order chi connectivity index (χ1) is 13.8. The van der Waals surface area contributed by atoms with Crippen molar-refractivity contribution in [1.82, 2.24) is 0 Å². The number of carbonyl (C=O) groups is 3. The van der Waals surface area contributed by atoms with Gasteiger partial charge in [-0.05, 0) is 42.8 Å². The van der Waals surface area contributed by atoms with Gasteiger partial charge in [0, 0.05) is 28.1 Å². The fraction of sp³-hybridized carbons (Fsp3) is 0.250. The van der Waals surface area contributed by atoms with Gasteiger partial charge in [0.15, 0.2) is 6.61 Å². The normalized spacial score (nSPS) is 16.1. The second kappa shape index (κ2) is 9.15. The van der Waals surface area contributed by atoms with Gasteiger partial charge in [-0.25, -0.2) is 0 Å². The lowest BCUT2D eigenvalue weighted by atomic mass is 10.1. The first-order valence-electron chi connectivity index (χ1n) is 8.73. The van der Waals surface area contributed by atoms with Gasteiger partial charge in [-0.2, -0.15) is 0 Å². The predicted octanol–water partition coefficient (Wildman–Crippen LogP) is 4.60. The molecule has 152 valence electrons. The number of ether oxygens (including phenoxy) is 1. The molecule has 6 nitrogen and oxygen atoms in total. The van der Waals surface area contributed by atoms with Gasteiger partial charge in [-0.3, -0.25) is 14.4 Å². The summed E-state index contributed by atoms with van der Waals surface area (Å²) in [5.41, 5.74) is 1.84. The predicted molar refractivity (Wildman–Crippen MR) is 115 cm³/mol. The molecule has 1 N–H and O–H groups in total. The fourth-order valence-electron chi connectivity index (χ4n) is 3.02. The van der Waals surface area contributed by atoms with Crippen molar-refractivity contribution in [2.24, 2.45) is 5.92 Å². The zero-order valence-electron chi connectivity index (χ0n) is 15.4. The molecule has 1 aliphatic rings. The summed E-state index contributed by atoms with van der Waals surface area (Å²) in [6, 6.07) is 10.3. The molecule has 1 fully saturated rings. The number of anilines is 2. The number of nitrogens with one attached hydrogen (secondary N) is 1. The van der Waals surface area contributed by atoms with Gasteiger partial charge in [0.2, 0.25) is 5.91 Å². The minimum absolute atomic E-state index is 0.0188. The highest BCUT2D eigenvalue weighted by Crippen LogP contribution is 2.32. The van der Waals surface area contributed by atoms with Crippen molar-refractivity contribution in [3.8, 4) is 0 Å². The molecule has 29 heavy (non-hydrogen) atoms. The zero-order valence-corrected chi connectivity index (χ0v) is 18.5. The maximum Gasteiger partial charge on any atom is 0.311 e. The number of nitrogens with zero attached hydrogens (tertiary/aromatic N) is 1. The molecule has 0 spiro atoms. The number of halogens is 3. The van der Waals surface area contributed by atoms with Crippen LogP contribution in [0.1, 0.15) is 12.0 Å². The van der Waals surface area contributed by atoms with Crippen LogP contribution < -0.4 is 10.2 Å². The average molecular weight is 500 g/mol. The van der Waals surface area contributed by atoms with E-state index in [-0.39, 0.29) is 18.9 Å².